The molecule has 0 saturated carbocycles. The number of halogens is 1. The van der Waals surface area contributed by atoms with E-state index in [4.69, 9.17) is 11.6 Å². The Bertz CT molecular complexity index is 286. The third-order valence-electron chi connectivity index (χ3n) is 2.10. The quantitative estimate of drug-likeness (QED) is 0.766. The van der Waals surface area contributed by atoms with Gasteiger partial charge in [-0.25, -0.2) is 0 Å². The highest BCUT2D eigenvalue weighted by molar-refractivity contribution is 8.06. The molecule has 1 aromatic heterocycles. The van der Waals surface area contributed by atoms with Gasteiger partial charge in [-0.15, -0.1) is 21.8 Å². The van der Waals surface area contributed by atoms with Crippen molar-refractivity contribution in [2.45, 2.75) is 17.7 Å². The minimum atomic E-state index is 0.449. The molecule has 1 fully saturated rings. The van der Waals surface area contributed by atoms with E-state index in [2.05, 4.69) is 14.8 Å². The summed E-state index contributed by atoms with van der Waals surface area (Å²) in [6.07, 6.45) is 1.78. The summed E-state index contributed by atoms with van der Waals surface area (Å²) in [5.74, 6) is 5.09. The minimum Gasteiger partial charge on any atom is -0.315 e. The van der Waals surface area contributed by atoms with Gasteiger partial charge in [-0.1, -0.05) is 0 Å². The van der Waals surface area contributed by atoms with Crippen molar-refractivity contribution in [1.82, 2.24) is 14.8 Å². The van der Waals surface area contributed by atoms with Crippen LogP contribution in [-0.4, -0.2) is 37.3 Å². The van der Waals surface area contributed by atoms with Crippen molar-refractivity contribution in [3.8, 4) is 0 Å². The summed E-state index contributed by atoms with van der Waals surface area (Å²) in [5.41, 5.74) is 0. The maximum Gasteiger partial charge on any atom is 0.147 e. The number of aromatic nitrogens is 3. The van der Waals surface area contributed by atoms with E-state index in [0.29, 0.717) is 11.1 Å². The molecule has 0 bridgehead atoms. The van der Waals surface area contributed by atoms with Crippen LogP contribution in [0.4, 0.5) is 0 Å². The summed E-state index contributed by atoms with van der Waals surface area (Å²) in [4.78, 5) is 0. The van der Waals surface area contributed by atoms with E-state index in [1.807, 2.05) is 23.5 Å². The lowest BCUT2D eigenvalue weighted by atomic mass is 10.4. The molecular formula is C8H12ClN3S2. The van der Waals surface area contributed by atoms with Crippen LogP contribution in [0.2, 0.25) is 0 Å². The molecule has 2 heterocycles. The molecule has 1 aliphatic rings. The Morgan fingerprint density at radius 3 is 3.21 bits per heavy atom. The summed E-state index contributed by atoms with van der Waals surface area (Å²) in [6, 6.07) is 0. The van der Waals surface area contributed by atoms with Crippen molar-refractivity contribution in [2.24, 2.45) is 0 Å². The maximum atomic E-state index is 5.76. The van der Waals surface area contributed by atoms with Crippen LogP contribution in [-0.2, 0) is 12.4 Å². The lowest BCUT2D eigenvalue weighted by Crippen LogP contribution is -2.21. The molecule has 14 heavy (non-hydrogen) atoms. The normalized spacial score (nSPS) is 22.5. The van der Waals surface area contributed by atoms with Crippen molar-refractivity contribution < 1.29 is 0 Å². The van der Waals surface area contributed by atoms with Gasteiger partial charge in [0, 0.05) is 29.1 Å². The molecule has 78 valence electrons. The fraction of sp³-hybridized carbons (Fsp3) is 0.750. The highest BCUT2D eigenvalue weighted by Crippen LogP contribution is 2.25. The van der Waals surface area contributed by atoms with Gasteiger partial charge in [-0.05, 0) is 0 Å². The smallest absolute Gasteiger partial charge is 0.147 e. The van der Waals surface area contributed by atoms with Crippen molar-refractivity contribution in [3.63, 3.8) is 0 Å². The van der Waals surface area contributed by atoms with Crippen LogP contribution in [0.25, 0.3) is 0 Å². The first-order valence-electron chi connectivity index (χ1n) is 4.52. The van der Waals surface area contributed by atoms with Gasteiger partial charge < -0.3 is 4.57 Å². The molecule has 1 saturated heterocycles. The lowest BCUT2D eigenvalue weighted by Gasteiger charge is -2.21. The molecule has 0 N–H and O–H groups in total. The first kappa shape index (κ1) is 10.6. The van der Waals surface area contributed by atoms with Gasteiger partial charge in [0.1, 0.15) is 12.2 Å². The van der Waals surface area contributed by atoms with Crippen molar-refractivity contribution in [2.75, 3.05) is 17.3 Å². The fourth-order valence-corrected chi connectivity index (χ4v) is 4.27. The Kier molecular flexibility index (Phi) is 4.01. The second-order valence-electron chi connectivity index (χ2n) is 3.10. The molecule has 0 spiro atoms. The fourth-order valence-electron chi connectivity index (χ4n) is 1.40. The zero-order valence-electron chi connectivity index (χ0n) is 7.73. The standard InChI is InChI=1S/C8H12ClN3S2/c9-3-8-11-10-6-12(8)4-7-5-13-1-2-14-7/h6-7H,1-5H2. The van der Waals surface area contributed by atoms with Gasteiger partial charge in [0.25, 0.3) is 0 Å². The van der Waals surface area contributed by atoms with Crippen LogP contribution < -0.4 is 0 Å². The number of alkyl halides is 1. The van der Waals surface area contributed by atoms with E-state index in [9.17, 15) is 0 Å². The Morgan fingerprint density at radius 2 is 2.50 bits per heavy atom. The number of hydrogen-bond donors (Lipinski definition) is 0. The Morgan fingerprint density at radius 1 is 1.57 bits per heavy atom. The maximum absolute atomic E-state index is 5.76. The van der Waals surface area contributed by atoms with Gasteiger partial charge >= 0.3 is 0 Å². The number of thioether (sulfide) groups is 2. The third-order valence-corrected chi connectivity index (χ3v) is 5.17. The van der Waals surface area contributed by atoms with E-state index in [1.54, 1.807) is 6.33 Å². The third kappa shape index (κ3) is 2.58. The SMILES string of the molecule is ClCc1nncn1CC1CSCCS1. The number of rotatable bonds is 3. The second kappa shape index (κ2) is 5.28. The zero-order valence-corrected chi connectivity index (χ0v) is 10.1. The molecule has 0 aromatic carbocycles. The second-order valence-corrected chi connectivity index (χ2v) is 5.93. The van der Waals surface area contributed by atoms with E-state index in [-0.39, 0.29) is 0 Å². The van der Waals surface area contributed by atoms with Gasteiger partial charge in [-0.2, -0.15) is 23.5 Å². The molecule has 0 amide bonds. The molecule has 2 rings (SSSR count). The highest BCUT2D eigenvalue weighted by atomic mass is 35.5. The van der Waals surface area contributed by atoms with Crippen LogP contribution in [0.3, 0.4) is 0 Å². The largest absolute Gasteiger partial charge is 0.315 e. The Labute approximate surface area is 97.0 Å². The molecule has 1 unspecified atom stereocenters. The zero-order chi connectivity index (χ0) is 9.80. The van der Waals surface area contributed by atoms with E-state index < -0.39 is 0 Å². The Hall–Kier alpha value is 0.130. The number of hydrogen-bond acceptors (Lipinski definition) is 4. The van der Waals surface area contributed by atoms with Crippen LogP contribution in [0.1, 0.15) is 5.82 Å². The summed E-state index contributed by atoms with van der Waals surface area (Å²) >= 11 is 9.83. The van der Waals surface area contributed by atoms with Gasteiger partial charge in [0.05, 0.1) is 5.88 Å². The molecule has 3 nitrogen and oxygen atoms in total. The monoisotopic (exact) mass is 249 g/mol. The first-order valence-corrected chi connectivity index (χ1v) is 7.26. The van der Waals surface area contributed by atoms with E-state index in [1.165, 1.54) is 17.3 Å². The van der Waals surface area contributed by atoms with Gasteiger partial charge in [0.15, 0.2) is 0 Å². The summed E-state index contributed by atoms with van der Waals surface area (Å²) < 4.78 is 2.07. The highest BCUT2D eigenvalue weighted by Gasteiger charge is 2.16. The topological polar surface area (TPSA) is 30.7 Å². The lowest BCUT2D eigenvalue weighted by molar-refractivity contribution is 0.667. The van der Waals surface area contributed by atoms with Gasteiger partial charge in [0.2, 0.25) is 0 Å². The van der Waals surface area contributed by atoms with Crippen LogP contribution >= 0.6 is 35.1 Å². The predicted octanol–water partition coefficient (Wildman–Crippen LogP) is 1.87. The minimum absolute atomic E-state index is 0.449. The molecule has 0 radical (unpaired) electrons. The molecule has 1 aliphatic heterocycles. The van der Waals surface area contributed by atoms with E-state index in [0.717, 1.165) is 12.4 Å². The molecule has 1 aromatic rings. The van der Waals surface area contributed by atoms with Crippen LogP contribution in [0.5, 0.6) is 0 Å². The first-order chi connectivity index (χ1) is 6.90. The van der Waals surface area contributed by atoms with Crippen molar-refractivity contribution >= 4 is 35.1 Å². The van der Waals surface area contributed by atoms with E-state index >= 15 is 0 Å². The molecular weight excluding hydrogens is 238 g/mol. The van der Waals surface area contributed by atoms with Crippen molar-refractivity contribution in [1.29, 1.82) is 0 Å². The molecule has 6 heteroatoms. The number of nitrogens with zero attached hydrogens (tertiary/aromatic N) is 3. The summed E-state index contributed by atoms with van der Waals surface area (Å²) in [7, 11) is 0. The van der Waals surface area contributed by atoms with Crippen LogP contribution in [0, 0.1) is 0 Å². The summed E-state index contributed by atoms with van der Waals surface area (Å²) in [5, 5.41) is 8.52. The average molecular weight is 250 g/mol. The molecule has 1 atom stereocenters. The predicted molar refractivity (Wildman–Crippen MR) is 63.2 cm³/mol. The summed E-state index contributed by atoms with van der Waals surface area (Å²) in [6.45, 7) is 0.993. The Balaban J connectivity index is 1.95. The van der Waals surface area contributed by atoms with Crippen LogP contribution in [0.15, 0.2) is 6.33 Å². The van der Waals surface area contributed by atoms with Gasteiger partial charge in [-0.3, -0.25) is 0 Å². The molecule has 0 aliphatic carbocycles. The van der Waals surface area contributed by atoms with Crippen molar-refractivity contribution in [3.05, 3.63) is 12.2 Å². The average Bonchev–Trinajstić information content (AvgIpc) is 2.67.